The zero-order valence-corrected chi connectivity index (χ0v) is 24.5. The Morgan fingerprint density at radius 2 is 1.83 bits per heavy atom. The Balaban J connectivity index is 1.13. The van der Waals surface area contributed by atoms with Gasteiger partial charge in [-0.05, 0) is 85.3 Å². The van der Waals surface area contributed by atoms with E-state index in [1.165, 1.54) is 41.0 Å². The van der Waals surface area contributed by atoms with E-state index in [0.29, 0.717) is 11.4 Å². The van der Waals surface area contributed by atoms with E-state index < -0.39 is 22.0 Å². The van der Waals surface area contributed by atoms with Crippen molar-refractivity contribution in [3.63, 3.8) is 0 Å². The Labute approximate surface area is 246 Å². The summed E-state index contributed by atoms with van der Waals surface area (Å²) in [4.78, 5) is 25.8. The molecule has 0 radical (unpaired) electrons. The molecule has 3 N–H and O–H groups in total. The lowest BCUT2D eigenvalue weighted by Crippen LogP contribution is -2.58. The van der Waals surface area contributed by atoms with Crippen LogP contribution in [-0.2, 0) is 45.4 Å². The Kier molecular flexibility index (Phi) is 9.44. The number of amides is 2. The van der Waals surface area contributed by atoms with Gasteiger partial charge in [0.1, 0.15) is 6.04 Å². The maximum Gasteiger partial charge on any atom is 0.243 e. The number of fused-ring (bicyclic) bond motifs is 1. The number of aromatic nitrogens is 1. The highest BCUT2D eigenvalue weighted by molar-refractivity contribution is 7.89. The molecule has 1 aliphatic carbocycles. The number of piperazine rings is 1. The van der Waals surface area contributed by atoms with Gasteiger partial charge in [0.05, 0.1) is 11.3 Å². The first-order valence-electron chi connectivity index (χ1n) is 14.1. The number of sulfonamides is 1. The van der Waals surface area contributed by atoms with Crippen molar-refractivity contribution in [2.45, 2.75) is 55.6 Å². The second-order valence-electron chi connectivity index (χ2n) is 10.6. The highest BCUT2D eigenvalue weighted by Crippen LogP contribution is 2.25. The van der Waals surface area contributed by atoms with Crippen LogP contribution >= 0.6 is 11.6 Å². The van der Waals surface area contributed by atoms with Gasteiger partial charge in [0.25, 0.3) is 0 Å². The van der Waals surface area contributed by atoms with E-state index in [4.69, 9.17) is 11.6 Å². The average Bonchev–Trinajstić information content (AvgIpc) is 3.48. The van der Waals surface area contributed by atoms with Crippen LogP contribution in [0.1, 0.15) is 29.5 Å². The van der Waals surface area contributed by atoms with Crippen LogP contribution in [0.4, 0.5) is 0 Å². The second-order valence-corrected chi connectivity index (χ2v) is 12.9. The van der Waals surface area contributed by atoms with Gasteiger partial charge >= 0.3 is 0 Å². The zero-order valence-electron chi connectivity index (χ0n) is 22.9. The zero-order chi connectivity index (χ0) is 28.8. The third-order valence-electron chi connectivity index (χ3n) is 7.75. The van der Waals surface area contributed by atoms with E-state index in [0.717, 1.165) is 43.2 Å². The number of carbonyl (C=O) groups is 2. The first kappa shape index (κ1) is 29.3. The molecule has 2 aromatic carbocycles. The van der Waals surface area contributed by atoms with Crippen molar-refractivity contribution in [2.24, 2.45) is 0 Å². The lowest BCUT2D eigenvalue weighted by Gasteiger charge is -2.34. The summed E-state index contributed by atoms with van der Waals surface area (Å²) in [6.45, 7) is 3.07. The fraction of sp³-hybridized carbons (Fsp3) is 0.400. The lowest BCUT2D eigenvalue weighted by atomic mass is 9.86. The van der Waals surface area contributed by atoms with Crippen LogP contribution < -0.4 is 16.0 Å². The van der Waals surface area contributed by atoms with Crippen molar-refractivity contribution in [2.75, 3.05) is 26.2 Å². The average molecular weight is 598 g/mol. The molecule has 2 amide bonds. The Morgan fingerprint density at radius 3 is 2.61 bits per heavy atom. The molecule has 1 aliphatic heterocycles. The van der Waals surface area contributed by atoms with E-state index in [9.17, 15) is 18.0 Å². The van der Waals surface area contributed by atoms with Gasteiger partial charge in [0, 0.05) is 49.6 Å². The van der Waals surface area contributed by atoms with Gasteiger partial charge in [-0.3, -0.25) is 9.59 Å². The molecule has 2 atom stereocenters. The molecule has 0 spiro atoms. The number of carbonyl (C=O) groups excluding carboxylic acids is 2. The van der Waals surface area contributed by atoms with E-state index in [1.807, 2.05) is 12.1 Å². The van der Waals surface area contributed by atoms with Crippen LogP contribution in [0.2, 0.25) is 5.02 Å². The molecular formula is C30H36ClN5O4S. The Hall–Kier alpha value is -3.18. The standard InChI is InChI=1S/C30H36ClN5O4S/c31-25-6-9-27(10-7-25)41(39,40)36-18-14-33-30(38)28(36)21-29(37)34-26-8-5-23-19-22(3-4-24(23)20-26)11-12-32-13-17-35-15-1-2-16-35/h1-4,6-7,9-10,15-16,19,26,28,32H,5,8,11-14,17-18,20-21H2,(H,33,38)(H,34,37)/t26-,28-/m1/s1. The first-order chi connectivity index (χ1) is 19.8. The van der Waals surface area contributed by atoms with Crippen LogP contribution in [0.15, 0.2) is 71.9 Å². The maximum atomic E-state index is 13.3. The molecule has 41 heavy (non-hydrogen) atoms. The second kappa shape index (κ2) is 13.2. The molecule has 5 rings (SSSR count). The van der Waals surface area contributed by atoms with Crippen molar-refractivity contribution in [1.29, 1.82) is 0 Å². The highest BCUT2D eigenvalue weighted by atomic mass is 35.5. The van der Waals surface area contributed by atoms with E-state index in [2.05, 4.69) is 51.1 Å². The number of hydrogen-bond acceptors (Lipinski definition) is 5. The van der Waals surface area contributed by atoms with Crippen LogP contribution in [0.25, 0.3) is 0 Å². The van der Waals surface area contributed by atoms with Gasteiger partial charge in [-0.2, -0.15) is 4.31 Å². The topological polar surface area (TPSA) is 113 Å². The summed E-state index contributed by atoms with van der Waals surface area (Å²) in [7, 11) is -3.98. The van der Waals surface area contributed by atoms with Gasteiger partial charge in [-0.1, -0.05) is 29.8 Å². The van der Waals surface area contributed by atoms with Crippen molar-refractivity contribution in [3.05, 3.63) is 88.7 Å². The van der Waals surface area contributed by atoms with E-state index in [1.54, 1.807) is 0 Å². The number of aryl methyl sites for hydroxylation is 1. The number of nitrogens with one attached hydrogen (secondary N) is 3. The molecule has 11 heteroatoms. The van der Waals surface area contributed by atoms with Crippen molar-refractivity contribution >= 4 is 33.4 Å². The smallest absolute Gasteiger partial charge is 0.243 e. The fourth-order valence-electron chi connectivity index (χ4n) is 5.55. The summed E-state index contributed by atoms with van der Waals surface area (Å²) in [6, 6.07) is 15.3. The number of nitrogens with zero attached hydrogens (tertiary/aromatic N) is 2. The Bertz CT molecular complexity index is 1460. The summed E-state index contributed by atoms with van der Waals surface area (Å²) in [5.74, 6) is -0.802. The minimum absolute atomic E-state index is 0.0398. The molecule has 0 saturated carbocycles. The molecule has 0 unspecified atom stereocenters. The number of benzene rings is 2. The summed E-state index contributed by atoms with van der Waals surface area (Å²) >= 11 is 5.92. The third-order valence-corrected chi connectivity index (χ3v) is 9.92. The normalized spacial score (nSPS) is 19.4. The summed E-state index contributed by atoms with van der Waals surface area (Å²) in [6.07, 6.45) is 7.21. The summed E-state index contributed by atoms with van der Waals surface area (Å²) < 4.78 is 29.9. The van der Waals surface area contributed by atoms with Crippen LogP contribution in [0.3, 0.4) is 0 Å². The van der Waals surface area contributed by atoms with Gasteiger partial charge in [0.2, 0.25) is 21.8 Å². The van der Waals surface area contributed by atoms with Crippen LogP contribution in [-0.4, -0.2) is 67.4 Å². The number of halogens is 1. The Morgan fingerprint density at radius 1 is 1.05 bits per heavy atom. The quantitative estimate of drug-likeness (QED) is 0.294. The maximum absolute atomic E-state index is 13.3. The van der Waals surface area contributed by atoms with Gasteiger partial charge in [0.15, 0.2) is 0 Å². The molecule has 0 bridgehead atoms. The van der Waals surface area contributed by atoms with Crippen molar-refractivity contribution in [1.82, 2.24) is 24.8 Å². The van der Waals surface area contributed by atoms with E-state index in [-0.39, 0.29) is 36.4 Å². The summed E-state index contributed by atoms with van der Waals surface area (Å²) in [5, 5.41) is 9.66. The largest absolute Gasteiger partial charge is 0.353 e. The van der Waals surface area contributed by atoms with Crippen LogP contribution in [0.5, 0.6) is 0 Å². The molecule has 1 aromatic heterocycles. The minimum atomic E-state index is -3.98. The van der Waals surface area contributed by atoms with Gasteiger partial charge in [-0.15, -0.1) is 0 Å². The molecule has 3 aromatic rings. The molecule has 2 aliphatic rings. The molecule has 1 saturated heterocycles. The molecule has 1 fully saturated rings. The SMILES string of the molecule is O=C(C[C@@H]1C(=O)NCCN1S(=O)(=O)c1ccc(Cl)cc1)N[C@@H]1CCc2cc(CCNCCn3cccc3)ccc2C1. The molecule has 9 nitrogen and oxygen atoms in total. The first-order valence-corrected chi connectivity index (χ1v) is 15.9. The number of rotatable bonds is 11. The molecular weight excluding hydrogens is 562 g/mol. The monoisotopic (exact) mass is 597 g/mol. The van der Waals surface area contributed by atoms with Crippen molar-refractivity contribution < 1.29 is 18.0 Å². The highest BCUT2D eigenvalue weighted by Gasteiger charge is 2.40. The predicted molar refractivity (Wildman–Crippen MR) is 158 cm³/mol. The van der Waals surface area contributed by atoms with Gasteiger partial charge in [-0.25, -0.2) is 8.42 Å². The fourth-order valence-corrected chi connectivity index (χ4v) is 7.27. The number of hydrogen-bond donors (Lipinski definition) is 3. The molecule has 2 heterocycles. The van der Waals surface area contributed by atoms with Gasteiger partial charge < -0.3 is 20.5 Å². The lowest BCUT2D eigenvalue weighted by molar-refractivity contribution is -0.131. The van der Waals surface area contributed by atoms with Crippen LogP contribution in [0, 0.1) is 0 Å². The molecule has 218 valence electrons. The van der Waals surface area contributed by atoms with E-state index >= 15 is 0 Å². The summed E-state index contributed by atoms with van der Waals surface area (Å²) in [5.41, 5.74) is 3.82. The minimum Gasteiger partial charge on any atom is -0.353 e. The predicted octanol–water partition coefficient (Wildman–Crippen LogP) is 2.53. The van der Waals surface area contributed by atoms with Crippen molar-refractivity contribution in [3.8, 4) is 0 Å². The third kappa shape index (κ3) is 7.37.